The smallest absolute Gasteiger partial charge is 0.0950 e. The van der Waals surface area contributed by atoms with Crippen molar-refractivity contribution in [2.45, 2.75) is 20.8 Å². The van der Waals surface area contributed by atoms with Gasteiger partial charge in [0, 0.05) is 11.9 Å². The van der Waals surface area contributed by atoms with Crippen LogP contribution in [-0.4, -0.2) is 16.7 Å². The van der Waals surface area contributed by atoms with Gasteiger partial charge in [-0.2, -0.15) is 10.2 Å². The number of hydrogen-bond acceptors (Lipinski definition) is 3. The molecule has 16 heavy (non-hydrogen) atoms. The molecular weight excluding hydrogens is 198 g/mol. The average Bonchev–Trinajstić information content (AvgIpc) is 2.25. The van der Waals surface area contributed by atoms with Crippen LogP contribution in [0.25, 0.3) is 10.9 Å². The van der Waals surface area contributed by atoms with E-state index in [2.05, 4.69) is 42.4 Å². The van der Waals surface area contributed by atoms with Crippen molar-refractivity contribution in [3.8, 4) is 0 Å². The normalized spacial score (nSPS) is 11.7. The van der Waals surface area contributed by atoms with E-state index < -0.39 is 0 Å². The molecular formula is C13H17N3. The number of hydrogen-bond donors (Lipinski definition) is 1. The fourth-order valence-electron chi connectivity index (χ4n) is 1.51. The largest absolute Gasteiger partial charge is 0.383 e. The molecule has 0 saturated carbocycles. The van der Waals surface area contributed by atoms with E-state index in [4.69, 9.17) is 0 Å². The SMILES string of the molecule is CC(C)(C)CNc1cnnc2ccccc12. The highest BCUT2D eigenvalue weighted by molar-refractivity contribution is 5.90. The molecule has 2 rings (SSSR count). The van der Waals surface area contributed by atoms with Gasteiger partial charge in [-0.1, -0.05) is 39.0 Å². The summed E-state index contributed by atoms with van der Waals surface area (Å²) in [7, 11) is 0. The molecule has 3 nitrogen and oxygen atoms in total. The summed E-state index contributed by atoms with van der Waals surface area (Å²) in [5.41, 5.74) is 2.24. The Hall–Kier alpha value is -1.64. The molecule has 3 heteroatoms. The van der Waals surface area contributed by atoms with Gasteiger partial charge >= 0.3 is 0 Å². The number of rotatable bonds is 2. The first-order valence-corrected chi connectivity index (χ1v) is 5.50. The number of aromatic nitrogens is 2. The Morgan fingerprint density at radius 1 is 1.19 bits per heavy atom. The predicted octanol–water partition coefficient (Wildman–Crippen LogP) is 3.09. The molecule has 0 spiro atoms. The Kier molecular flexibility index (Phi) is 2.77. The number of anilines is 1. The zero-order valence-electron chi connectivity index (χ0n) is 9.99. The van der Waals surface area contributed by atoms with Crippen LogP contribution < -0.4 is 5.32 Å². The lowest BCUT2D eigenvalue weighted by Gasteiger charge is -2.20. The summed E-state index contributed by atoms with van der Waals surface area (Å²) in [6, 6.07) is 8.04. The van der Waals surface area contributed by atoms with E-state index >= 15 is 0 Å². The lowest BCUT2D eigenvalue weighted by atomic mass is 9.97. The average molecular weight is 215 g/mol. The fourth-order valence-corrected chi connectivity index (χ4v) is 1.51. The van der Waals surface area contributed by atoms with Gasteiger partial charge in [0.25, 0.3) is 0 Å². The molecule has 0 unspecified atom stereocenters. The van der Waals surface area contributed by atoms with Crippen molar-refractivity contribution in [3.05, 3.63) is 30.5 Å². The molecule has 0 amide bonds. The van der Waals surface area contributed by atoms with Crippen LogP contribution in [-0.2, 0) is 0 Å². The van der Waals surface area contributed by atoms with E-state index in [1.165, 1.54) is 0 Å². The third kappa shape index (κ3) is 2.48. The molecule has 1 heterocycles. The Balaban J connectivity index is 2.30. The Morgan fingerprint density at radius 2 is 1.94 bits per heavy atom. The topological polar surface area (TPSA) is 37.8 Å². The lowest BCUT2D eigenvalue weighted by Crippen LogP contribution is -2.19. The van der Waals surface area contributed by atoms with Crippen LogP contribution in [0, 0.1) is 5.41 Å². The van der Waals surface area contributed by atoms with E-state index in [1.807, 2.05) is 18.2 Å². The molecule has 0 radical (unpaired) electrons. The molecule has 0 bridgehead atoms. The molecule has 84 valence electrons. The van der Waals surface area contributed by atoms with Gasteiger partial charge in [-0.15, -0.1) is 0 Å². The van der Waals surface area contributed by atoms with E-state index in [1.54, 1.807) is 6.20 Å². The van der Waals surface area contributed by atoms with Crippen LogP contribution in [0.2, 0.25) is 0 Å². The Bertz CT molecular complexity index is 480. The number of fused-ring (bicyclic) bond motifs is 1. The van der Waals surface area contributed by atoms with Gasteiger partial charge in [0.05, 0.1) is 17.4 Å². The quantitative estimate of drug-likeness (QED) is 0.836. The van der Waals surface area contributed by atoms with Crippen LogP contribution >= 0.6 is 0 Å². The van der Waals surface area contributed by atoms with Gasteiger partial charge in [0.2, 0.25) is 0 Å². The highest BCUT2D eigenvalue weighted by atomic mass is 15.1. The van der Waals surface area contributed by atoms with Gasteiger partial charge in [-0.05, 0) is 11.5 Å². The van der Waals surface area contributed by atoms with Crippen molar-refractivity contribution >= 4 is 16.6 Å². The monoisotopic (exact) mass is 215 g/mol. The van der Waals surface area contributed by atoms with Crippen LogP contribution in [0.15, 0.2) is 30.5 Å². The highest BCUT2D eigenvalue weighted by Crippen LogP contribution is 2.21. The Labute approximate surface area is 95.9 Å². The molecule has 0 saturated heterocycles. The molecule has 1 aromatic carbocycles. The van der Waals surface area contributed by atoms with Gasteiger partial charge in [-0.3, -0.25) is 0 Å². The second-order valence-corrected chi connectivity index (χ2v) is 5.19. The zero-order chi connectivity index (χ0) is 11.6. The summed E-state index contributed by atoms with van der Waals surface area (Å²) in [6.45, 7) is 7.53. The van der Waals surface area contributed by atoms with Gasteiger partial charge < -0.3 is 5.32 Å². The summed E-state index contributed by atoms with van der Waals surface area (Å²) < 4.78 is 0. The molecule has 0 aliphatic carbocycles. The fraction of sp³-hybridized carbons (Fsp3) is 0.385. The summed E-state index contributed by atoms with van der Waals surface area (Å²) in [4.78, 5) is 0. The maximum absolute atomic E-state index is 4.10. The summed E-state index contributed by atoms with van der Waals surface area (Å²) >= 11 is 0. The second kappa shape index (κ2) is 4.08. The van der Waals surface area contributed by atoms with E-state index in [0.29, 0.717) is 0 Å². The van der Waals surface area contributed by atoms with Crippen molar-refractivity contribution in [1.29, 1.82) is 0 Å². The van der Waals surface area contributed by atoms with E-state index in [-0.39, 0.29) is 5.41 Å². The molecule has 1 aromatic heterocycles. The number of nitrogens with zero attached hydrogens (tertiary/aromatic N) is 2. The first-order valence-electron chi connectivity index (χ1n) is 5.50. The number of benzene rings is 1. The minimum Gasteiger partial charge on any atom is -0.383 e. The maximum atomic E-state index is 4.10. The third-order valence-corrected chi connectivity index (χ3v) is 2.36. The standard InChI is InChI=1S/C13H17N3/c1-13(2,3)9-14-12-8-15-16-11-7-5-4-6-10(11)12/h4-8H,9H2,1-3H3,(H,14,16). The van der Waals surface area contributed by atoms with Crippen molar-refractivity contribution in [3.63, 3.8) is 0 Å². The van der Waals surface area contributed by atoms with Gasteiger partial charge in [-0.25, -0.2) is 0 Å². The molecule has 2 aromatic rings. The van der Waals surface area contributed by atoms with Crippen molar-refractivity contribution < 1.29 is 0 Å². The number of nitrogens with one attached hydrogen (secondary N) is 1. The highest BCUT2D eigenvalue weighted by Gasteiger charge is 2.10. The van der Waals surface area contributed by atoms with Crippen molar-refractivity contribution in [2.24, 2.45) is 5.41 Å². The molecule has 0 aliphatic rings. The second-order valence-electron chi connectivity index (χ2n) is 5.19. The maximum Gasteiger partial charge on any atom is 0.0950 e. The lowest BCUT2D eigenvalue weighted by molar-refractivity contribution is 0.443. The zero-order valence-corrected chi connectivity index (χ0v) is 9.99. The minimum absolute atomic E-state index is 0.254. The third-order valence-electron chi connectivity index (χ3n) is 2.36. The van der Waals surface area contributed by atoms with Gasteiger partial charge in [0.15, 0.2) is 0 Å². The van der Waals surface area contributed by atoms with Crippen molar-refractivity contribution in [2.75, 3.05) is 11.9 Å². The molecule has 0 fully saturated rings. The van der Waals surface area contributed by atoms with Crippen LogP contribution in [0.5, 0.6) is 0 Å². The summed E-state index contributed by atoms with van der Waals surface area (Å²) in [6.07, 6.45) is 1.79. The molecule has 0 aliphatic heterocycles. The van der Waals surface area contributed by atoms with Crippen LogP contribution in [0.1, 0.15) is 20.8 Å². The summed E-state index contributed by atoms with van der Waals surface area (Å²) in [5, 5.41) is 12.6. The first-order chi connectivity index (χ1) is 7.56. The van der Waals surface area contributed by atoms with E-state index in [9.17, 15) is 0 Å². The molecule has 1 N–H and O–H groups in total. The first kappa shape index (κ1) is 10.9. The predicted molar refractivity (Wildman–Crippen MR) is 67.5 cm³/mol. The Morgan fingerprint density at radius 3 is 2.69 bits per heavy atom. The van der Waals surface area contributed by atoms with E-state index in [0.717, 1.165) is 23.1 Å². The van der Waals surface area contributed by atoms with Crippen LogP contribution in [0.4, 0.5) is 5.69 Å². The molecule has 0 atom stereocenters. The summed E-state index contributed by atoms with van der Waals surface area (Å²) in [5.74, 6) is 0. The van der Waals surface area contributed by atoms with Crippen molar-refractivity contribution in [1.82, 2.24) is 10.2 Å². The minimum atomic E-state index is 0.254. The van der Waals surface area contributed by atoms with Gasteiger partial charge in [0.1, 0.15) is 0 Å². The van der Waals surface area contributed by atoms with Crippen LogP contribution in [0.3, 0.4) is 0 Å².